The number of thiocarbonyl (C=S) groups is 1. The van der Waals surface area contributed by atoms with Crippen molar-refractivity contribution < 1.29 is 19.1 Å². The third kappa shape index (κ3) is 10.1. The Labute approximate surface area is 260 Å². The molecule has 0 saturated carbocycles. The fraction of sp³-hybridized carbons (Fsp3) is 0.290. The smallest absolute Gasteiger partial charge is 0.325 e. The lowest BCUT2D eigenvalue weighted by Crippen LogP contribution is -2.48. The number of nitrogens with one attached hydrogen (secondary N) is 3. The van der Waals surface area contributed by atoms with E-state index in [0.717, 1.165) is 28.3 Å². The number of pyridine rings is 3. The highest BCUT2D eigenvalue weighted by Gasteiger charge is 2.21. The second-order valence-corrected chi connectivity index (χ2v) is 10.3. The fourth-order valence-electron chi connectivity index (χ4n) is 4.29. The van der Waals surface area contributed by atoms with Crippen LogP contribution in [0.15, 0.2) is 79.4 Å². The van der Waals surface area contributed by atoms with Crippen molar-refractivity contribution in [1.82, 2.24) is 40.7 Å². The normalized spacial score (nSPS) is 11.3. The van der Waals surface area contributed by atoms with Crippen LogP contribution in [0.2, 0.25) is 0 Å². The molecule has 0 radical (unpaired) electrons. The van der Waals surface area contributed by atoms with Gasteiger partial charge in [0.05, 0.1) is 35.4 Å². The van der Waals surface area contributed by atoms with Crippen molar-refractivity contribution in [3.8, 4) is 22.6 Å². The molecule has 4 heterocycles. The first-order valence-corrected chi connectivity index (χ1v) is 14.5. The summed E-state index contributed by atoms with van der Waals surface area (Å²) in [5.74, 6) is -1.45. The topological polar surface area (TPSA) is 153 Å². The summed E-state index contributed by atoms with van der Waals surface area (Å²) < 4.78 is 6.08. The number of esters is 1. The molecule has 0 aromatic carbocycles. The number of nitrogens with zero attached hydrogens (tertiary/aromatic N) is 5. The molecule has 4 aromatic heterocycles. The highest BCUT2D eigenvalue weighted by Crippen LogP contribution is 2.15. The molecule has 3 N–H and O–H groups in total. The minimum absolute atomic E-state index is 0.0843. The summed E-state index contributed by atoms with van der Waals surface area (Å²) >= 11 is 5.52. The highest BCUT2D eigenvalue weighted by molar-refractivity contribution is 7.80. The van der Waals surface area contributed by atoms with E-state index in [1.54, 1.807) is 24.8 Å². The van der Waals surface area contributed by atoms with Gasteiger partial charge in [0.25, 0.3) is 0 Å². The van der Waals surface area contributed by atoms with Gasteiger partial charge < -0.3 is 20.7 Å². The lowest BCUT2D eigenvalue weighted by atomic mass is 10.1. The number of amides is 2. The SMILES string of the molecule is COC(=O)CNC(=O)[C@H](CCCCNC(=S)Cc1cccc(-c2ccccn2)n1)NC(=O)Cn1cc(-c2ccccn2)cn1. The molecule has 0 spiro atoms. The fourth-order valence-corrected chi connectivity index (χ4v) is 4.54. The van der Waals surface area contributed by atoms with Gasteiger partial charge in [-0.2, -0.15) is 5.10 Å². The Balaban J connectivity index is 1.25. The maximum Gasteiger partial charge on any atom is 0.325 e. The lowest BCUT2D eigenvalue weighted by Gasteiger charge is -2.18. The van der Waals surface area contributed by atoms with Crippen LogP contribution in [0.1, 0.15) is 25.0 Å². The monoisotopic (exact) mass is 614 g/mol. The summed E-state index contributed by atoms with van der Waals surface area (Å²) in [6.45, 7) is 0.214. The Bertz CT molecular complexity index is 1550. The van der Waals surface area contributed by atoms with Crippen molar-refractivity contribution in [1.29, 1.82) is 0 Å². The predicted octanol–water partition coefficient (Wildman–Crippen LogP) is 2.51. The van der Waals surface area contributed by atoms with Gasteiger partial charge in [-0.15, -0.1) is 0 Å². The summed E-state index contributed by atoms with van der Waals surface area (Å²) in [6.07, 6.45) is 8.91. The van der Waals surface area contributed by atoms with E-state index in [1.807, 2.05) is 54.6 Å². The van der Waals surface area contributed by atoms with Crippen molar-refractivity contribution in [2.24, 2.45) is 0 Å². The molecule has 12 nitrogen and oxygen atoms in total. The third-order valence-corrected chi connectivity index (χ3v) is 6.79. The molecule has 13 heteroatoms. The molecule has 0 unspecified atom stereocenters. The van der Waals surface area contributed by atoms with Gasteiger partial charge in [-0.1, -0.05) is 30.4 Å². The molecule has 4 rings (SSSR count). The predicted molar refractivity (Wildman–Crippen MR) is 168 cm³/mol. The number of carbonyl (C=O) groups is 3. The molecule has 0 aliphatic rings. The summed E-state index contributed by atoms with van der Waals surface area (Å²) in [4.78, 5) is 51.2. The van der Waals surface area contributed by atoms with Gasteiger partial charge in [0.1, 0.15) is 19.1 Å². The minimum atomic E-state index is -0.844. The maximum atomic E-state index is 12.8. The Morgan fingerprint density at radius 1 is 0.932 bits per heavy atom. The van der Waals surface area contributed by atoms with E-state index in [-0.39, 0.29) is 13.1 Å². The van der Waals surface area contributed by atoms with Crippen LogP contribution in [0.25, 0.3) is 22.6 Å². The van der Waals surface area contributed by atoms with Crippen molar-refractivity contribution in [2.45, 2.75) is 38.3 Å². The largest absolute Gasteiger partial charge is 0.468 e. The quantitative estimate of drug-likeness (QED) is 0.103. The van der Waals surface area contributed by atoms with Gasteiger partial charge in [0.15, 0.2) is 0 Å². The second-order valence-electron chi connectivity index (χ2n) is 9.81. The molecule has 0 fully saturated rings. The molecular formula is C31H34N8O4S. The van der Waals surface area contributed by atoms with Crippen LogP contribution < -0.4 is 16.0 Å². The molecule has 0 aliphatic heterocycles. The standard InChI is InChI=1S/C31H34N8O4S/c1-43-30(41)19-35-31(42)27(38-28(40)21-39-20-22(18-36-39)24-10-2-5-14-32-24)12-4-7-16-34-29(44)17-23-9-8-13-26(37-23)25-11-3-6-15-33-25/h2-3,5-6,8-11,13-15,18,20,27H,4,7,12,16-17,19,21H2,1H3,(H,34,44)(H,35,42)(H,38,40)/t27-/m0/s1. The molecule has 0 bridgehead atoms. The van der Waals surface area contributed by atoms with Crippen molar-refractivity contribution in [2.75, 3.05) is 20.2 Å². The van der Waals surface area contributed by atoms with Crippen LogP contribution in [0, 0.1) is 0 Å². The van der Waals surface area contributed by atoms with E-state index in [0.29, 0.717) is 37.2 Å². The van der Waals surface area contributed by atoms with Gasteiger partial charge in [-0.05, 0) is 55.7 Å². The second kappa shape index (κ2) is 16.6. The van der Waals surface area contributed by atoms with E-state index in [9.17, 15) is 14.4 Å². The molecule has 1 atom stereocenters. The van der Waals surface area contributed by atoms with Crippen LogP contribution in [0.3, 0.4) is 0 Å². The van der Waals surface area contributed by atoms with E-state index in [2.05, 4.69) is 40.7 Å². The van der Waals surface area contributed by atoms with E-state index < -0.39 is 23.8 Å². The average molecular weight is 615 g/mol. The zero-order chi connectivity index (χ0) is 31.1. The Hall–Kier alpha value is -5.04. The summed E-state index contributed by atoms with van der Waals surface area (Å²) in [5, 5.41) is 12.8. The average Bonchev–Trinajstić information content (AvgIpc) is 3.52. The number of aromatic nitrogens is 5. The Kier molecular flexibility index (Phi) is 12.0. The number of carbonyl (C=O) groups excluding carboxylic acids is 3. The summed E-state index contributed by atoms with van der Waals surface area (Å²) in [6, 6.07) is 16.1. The van der Waals surface area contributed by atoms with Crippen LogP contribution in [-0.2, 0) is 32.1 Å². The molecule has 228 valence electrons. The van der Waals surface area contributed by atoms with Crippen molar-refractivity contribution in [3.63, 3.8) is 0 Å². The van der Waals surface area contributed by atoms with Crippen LogP contribution >= 0.6 is 12.2 Å². The van der Waals surface area contributed by atoms with E-state index in [4.69, 9.17) is 12.2 Å². The third-order valence-electron chi connectivity index (χ3n) is 6.50. The summed E-state index contributed by atoms with van der Waals surface area (Å²) in [7, 11) is 1.24. The Morgan fingerprint density at radius 2 is 1.68 bits per heavy atom. The van der Waals surface area contributed by atoms with Gasteiger partial charge in [0.2, 0.25) is 11.8 Å². The zero-order valence-corrected chi connectivity index (χ0v) is 25.1. The van der Waals surface area contributed by atoms with Crippen LogP contribution in [-0.4, -0.2) is 73.7 Å². The highest BCUT2D eigenvalue weighted by atomic mass is 32.1. The maximum absolute atomic E-state index is 12.8. The zero-order valence-electron chi connectivity index (χ0n) is 24.3. The van der Waals surface area contributed by atoms with Crippen molar-refractivity contribution in [3.05, 3.63) is 85.1 Å². The molecule has 44 heavy (non-hydrogen) atoms. The van der Waals surface area contributed by atoms with Crippen LogP contribution in [0.5, 0.6) is 0 Å². The number of methoxy groups -OCH3 is 1. The number of hydrogen-bond acceptors (Lipinski definition) is 9. The van der Waals surface area contributed by atoms with E-state index in [1.165, 1.54) is 11.8 Å². The minimum Gasteiger partial charge on any atom is -0.468 e. The first kappa shape index (κ1) is 31.9. The molecule has 4 aromatic rings. The van der Waals surface area contributed by atoms with Gasteiger partial charge in [-0.25, -0.2) is 0 Å². The Morgan fingerprint density at radius 3 is 2.41 bits per heavy atom. The number of hydrogen-bond donors (Lipinski definition) is 3. The van der Waals surface area contributed by atoms with E-state index >= 15 is 0 Å². The number of rotatable bonds is 15. The summed E-state index contributed by atoms with van der Waals surface area (Å²) in [5.41, 5.74) is 3.92. The molecular weight excluding hydrogens is 580 g/mol. The molecule has 0 saturated heterocycles. The first-order valence-electron chi connectivity index (χ1n) is 14.1. The molecule has 2 amide bonds. The number of unbranched alkanes of at least 4 members (excludes halogenated alkanes) is 1. The number of ether oxygens (including phenoxy) is 1. The first-order chi connectivity index (χ1) is 21.4. The van der Waals surface area contributed by atoms with Gasteiger partial charge >= 0.3 is 5.97 Å². The van der Waals surface area contributed by atoms with Crippen LogP contribution in [0.4, 0.5) is 0 Å². The lowest BCUT2D eigenvalue weighted by molar-refractivity contribution is -0.141. The van der Waals surface area contributed by atoms with Gasteiger partial charge in [0, 0.05) is 42.8 Å². The van der Waals surface area contributed by atoms with Crippen molar-refractivity contribution >= 4 is 35.0 Å². The van der Waals surface area contributed by atoms with Gasteiger partial charge in [-0.3, -0.25) is 34.0 Å². The molecule has 0 aliphatic carbocycles.